The van der Waals surface area contributed by atoms with Gasteiger partial charge in [-0.2, -0.15) is 5.10 Å². The number of fused-ring (bicyclic) bond motifs is 1. The molecule has 1 aliphatic rings. The Hall–Kier alpha value is -2.25. The molecule has 0 fully saturated rings. The van der Waals surface area contributed by atoms with Crippen LogP contribution >= 0.6 is 23.6 Å². The van der Waals surface area contributed by atoms with Gasteiger partial charge in [-0.3, -0.25) is 14.5 Å². The predicted molar refractivity (Wildman–Crippen MR) is 110 cm³/mol. The van der Waals surface area contributed by atoms with E-state index < -0.39 is 0 Å². The Morgan fingerprint density at radius 3 is 2.85 bits per heavy atom. The number of carbonyl (C=O) groups is 1. The normalized spacial score (nSPS) is 16.4. The van der Waals surface area contributed by atoms with E-state index in [4.69, 9.17) is 12.2 Å². The summed E-state index contributed by atoms with van der Waals surface area (Å²) in [5.74, 6) is 0.791. The number of H-pyrrole nitrogens is 1. The van der Waals surface area contributed by atoms with E-state index in [0.717, 1.165) is 24.9 Å². The fraction of sp³-hybridized carbons (Fsp3) is 0.350. The molecule has 27 heavy (non-hydrogen) atoms. The molecule has 1 atom stereocenters. The Bertz CT molecular complexity index is 1020. The number of hydrogen-bond acceptors (Lipinski definition) is 4. The van der Waals surface area contributed by atoms with E-state index in [1.165, 1.54) is 16.0 Å². The van der Waals surface area contributed by atoms with E-state index in [1.807, 2.05) is 36.1 Å². The molecule has 1 aliphatic heterocycles. The molecular formula is C20H22N4OS2. The van der Waals surface area contributed by atoms with E-state index >= 15 is 0 Å². The Labute approximate surface area is 167 Å². The van der Waals surface area contributed by atoms with Crippen molar-refractivity contribution in [2.45, 2.75) is 39.3 Å². The summed E-state index contributed by atoms with van der Waals surface area (Å²) >= 11 is 7.19. The van der Waals surface area contributed by atoms with Crippen molar-refractivity contribution in [2.24, 2.45) is 0 Å². The summed E-state index contributed by atoms with van der Waals surface area (Å²) in [6, 6.07) is 10.4. The van der Waals surface area contributed by atoms with E-state index in [-0.39, 0.29) is 18.5 Å². The summed E-state index contributed by atoms with van der Waals surface area (Å²) < 4.78 is 2.28. The Morgan fingerprint density at radius 2 is 2.11 bits per heavy atom. The Balaban J connectivity index is 1.61. The van der Waals surface area contributed by atoms with Crippen LogP contribution in [0.1, 0.15) is 35.4 Å². The molecule has 1 N–H and O–H groups in total. The Kier molecular flexibility index (Phi) is 4.97. The van der Waals surface area contributed by atoms with Gasteiger partial charge in [0.1, 0.15) is 6.54 Å². The van der Waals surface area contributed by atoms with Crippen molar-refractivity contribution in [3.05, 3.63) is 56.5 Å². The smallest absolute Gasteiger partial charge is 0.243 e. The SMILES string of the molecule is CCC1c2ccsc2CCN1C(=O)Cn1c(-c2ccc(C)cc2)n[nH]c1=S. The van der Waals surface area contributed by atoms with E-state index in [0.29, 0.717) is 10.6 Å². The van der Waals surface area contributed by atoms with Crippen LogP contribution in [0, 0.1) is 11.7 Å². The van der Waals surface area contributed by atoms with Gasteiger partial charge in [-0.05, 0) is 49.0 Å². The second kappa shape index (κ2) is 7.40. The fourth-order valence-electron chi connectivity index (χ4n) is 3.75. The first-order valence-electron chi connectivity index (χ1n) is 9.16. The third-order valence-electron chi connectivity index (χ3n) is 5.16. The van der Waals surface area contributed by atoms with Gasteiger partial charge in [0.05, 0.1) is 6.04 Å². The number of aryl methyl sites for hydroxylation is 1. The lowest BCUT2D eigenvalue weighted by Gasteiger charge is -2.35. The number of benzene rings is 1. The summed E-state index contributed by atoms with van der Waals surface area (Å²) in [7, 11) is 0. The summed E-state index contributed by atoms with van der Waals surface area (Å²) in [6.07, 6.45) is 1.84. The maximum absolute atomic E-state index is 13.2. The first-order chi connectivity index (χ1) is 13.1. The molecule has 0 spiro atoms. The lowest BCUT2D eigenvalue weighted by molar-refractivity contribution is -0.134. The van der Waals surface area contributed by atoms with Crippen molar-refractivity contribution in [2.75, 3.05) is 6.54 Å². The van der Waals surface area contributed by atoms with Crippen LogP contribution in [0.2, 0.25) is 0 Å². The highest BCUT2D eigenvalue weighted by molar-refractivity contribution is 7.71. The highest BCUT2D eigenvalue weighted by Gasteiger charge is 2.30. The number of thiophene rings is 1. The summed E-state index contributed by atoms with van der Waals surface area (Å²) in [4.78, 5) is 16.6. The van der Waals surface area contributed by atoms with Gasteiger partial charge in [0.25, 0.3) is 0 Å². The zero-order chi connectivity index (χ0) is 19.0. The highest BCUT2D eigenvalue weighted by Crippen LogP contribution is 2.35. The molecule has 0 saturated carbocycles. The van der Waals surface area contributed by atoms with Crippen LogP contribution in [0.15, 0.2) is 35.7 Å². The molecule has 1 aromatic carbocycles. The molecular weight excluding hydrogens is 376 g/mol. The predicted octanol–water partition coefficient (Wildman–Crippen LogP) is 4.51. The molecule has 5 nitrogen and oxygen atoms in total. The molecule has 0 bridgehead atoms. The van der Waals surface area contributed by atoms with Crippen LogP contribution in [0.4, 0.5) is 0 Å². The van der Waals surface area contributed by atoms with Gasteiger partial charge < -0.3 is 4.90 Å². The van der Waals surface area contributed by atoms with Gasteiger partial charge in [-0.25, -0.2) is 0 Å². The standard InChI is InChI=1S/C20H22N4OS2/c1-3-16-15-9-11-27-17(15)8-10-23(16)18(25)12-24-19(21-22-20(24)26)14-6-4-13(2)5-7-14/h4-7,9,11,16H,3,8,10,12H2,1-2H3,(H,22,26). The second-order valence-electron chi connectivity index (χ2n) is 6.86. The first kappa shape index (κ1) is 18.1. The third-order valence-corrected chi connectivity index (χ3v) is 6.47. The average Bonchev–Trinajstić information content (AvgIpc) is 3.29. The van der Waals surface area contributed by atoms with Crippen LogP contribution in [0.25, 0.3) is 11.4 Å². The van der Waals surface area contributed by atoms with Crippen LogP contribution in [-0.2, 0) is 17.8 Å². The molecule has 2 aromatic heterocycles. The van der Waals surface area contributed by atoms with Crippen molar-refractivity contribution < 1.29 is 4.79 Å². The largest absolute Gasteiger partial charge is 0.334 e. The average molecular weight is 399 g/mol. The van der Waals surface area contributed by atoms with E-state index in [1.54, 1.807) is 15.9 Å². The van der Waals surface area contributed by atoms with Crippen molar-refractivity contribution >= 4 is 29.5 Å². The van der Waals surface area contributed by atoms with E-state index in [2.05, 4.69) is 28.6 Å². The van der Waals surface area contributed by atoms with Crippen molar-refractivity contribution in [1.29, 1.82) is 0 Å². The van der Waals surface area contributed by atoms with Crippen LogP contribution in [0.5, 0.6) is 0 Å². The summed E-state index contributed by atoms with van der Waals surface area (Å²) in [6.45, 7) is 5.15. The zero-order valence-corrected chi connectivity index (χ0v) is 17.1. The molecule has 3 aromatic rings. The number of hydrogen-bond donors (Lipinski definition) is 1. The van der Waals surface area contributed by atoms with Crippen molar-refractivity contribution in [3.8, 4) is 11.4 Å². The fourth-order valence-corrected chi connectivity index (χ4v) is 4.87. The summed E-state index contributed by atoms with van der Waals surface area (Å²) in [5.41, 5.74) is 3.43. The molecule has 0 saturated heterocycles. The van der Waals surface area contributed by atoms with Gasteiger partial charge >= 0.3 is 0 Å². The molecule has 4 rings (SSSR count). The van der Waals surface area contributed by atoms with Gasteiger partial charge in [0.15, 0.2) is 10.6 Å². The van der Waals surface area contributed by atoms with Crippen molar-refractivity contribution in [1.82, 2.24) is 19.7 Å². The molecule has 0 aliphatic carbocycles. The topological polar surface area (TPSA) is 53.9 Å². The number of aromatic amines is 1. The van der Waals surface area contributed by atoms with Gasteiger partial charge in [-0.15, -0.1) is 11.3 Å². The molecule has 0 radical (unpaired) electrons. The van der Waals surface area contributed by atoms with Gasteiger partial charge in [-0.1, -0.05) is 36.8 Å². The number of nitrogens with zero attached hydrogens (tertiary/aromatic N) is 3. The number of rotatable bonds is 4. The third kappa shape index (κ3) is 3.37. The van der Waals surface area contributed by atoms with Gasteiger partial charge in [0, 0.05) is 17.0 Å². The molecule has 140 valence electrons. The number of nitrogens with one attached hydrogen (secondary N) is 1. The minimum atomic E-state index is 0.0876. The number of aromatic nitrogens is 3. The molecule has 7 heteroatoms. The zero-order valence-electron chi connectivity index (χ0n) is 15.4. The minimum absolute atomic E-state index is 0.0876. The monoisotopic (exact) mass is 398 g/mol. The Morgan fingerprint density at radius 1 is 1.33 bits per heavy atom. The number of carbonyl (C=O) groups excluding carboxylic acids is 1. The molecule has 1 amide bonds. The lowest BCUT2D eigenvalue weighted by Crippen LogP contribution is -2.41. The van der Waals surface area contributed by atoms with Crippen molar-refractivity contribution in [3.63, 3.8) is 0 Å². The molecule has 1 unspecified atom stereocenters. The first-order valence-corrected chi connectivity index (χ1v) is 10.4. The van der Waals surface area contributed by atoms with Crippen LogP contribution in [0.3, 0.4) is 0 Å². The summed E-state index contributed by atoms with van der Waals surface area (Å²) in [5, 5.41) is 9.33. The maximum atomic E-state index is 13.2. The minimum Gasteiger partial charge on any atom is -0.334 e. The molecule has 3 heterocycles. The van der Waals surface area contributed by atoms with Gasteiger partial charge in [0.2, 0.25) is 5.91 Å². The quantitative estimate of drug-likeness (QED) is 0.658. The second-order valence-corrected chi connectivity index (χ2v) is 8.25. The highest BCUT2D eigenvalue weighted by atomic mass is 32.1. The maximum Gasteiger partial charge on any atom is 0.243 e. The van der Waals surface area contributed by atoms with Crippen LogP contribution < -0.4 is 0 Å². The van der Waals surface area contributed by atoms with E-state index in [9.17, 15) is 4.79 Å². The lowest BCUT2D eigenvalue weighted by atomic mass is 9.98. The van der Waals surface area contributed by atoms with Crippen LogP contribution in [-0.4, -0.2) is 32.1 Å². The number of amides is 1.